The van der Waals surface area contributed by atoms with E-state index in [0.29, 0.717) is 5.56 Å². The van der Waals surface area contributed by atoms with Gasteiger partial charge >= 0.3 is 0 Å². The van der Waals surface area contributed by atoms with Crippen molar-refractivity contribution in [3.63, 3.8) is 0 Å². The molecule has 0 aromatic heterocycles. The second kappa shape index (κ2) is 4.69. The smallest absolute Gasteiger partial charge is 0.193 e. The third kappa shape index (κ3) is 2.27. The molecule has 0 aliphatic carbocycles. The first kappa shape index (κ1) is 11.7. The van der Waals surface area contributed by atoms with Crippen LogP contribution in [-0.2, 0) is 0 Å². The van der Waals surface area contributed by atoms with E-state index in [-0.39, 0.29) is 11.8 Å². The second-order valence-electron chi connectivity index (χ2n) is 4.38. The number of nitrogens with zero attached hydrogens (tertiary/aromatic N) is 1. The van der Waals surface area contributed by atoms with Crippen LogP contribution in [0, 0.1) is 0 Å². The number of ether oxygens (including phenoxy) is 1. The summed E-state index contributed by atoms with van der Waals surface area (Å²) in [4.78, 5) is 16.5. The number of rotatable bonds is 4. The van der Waals surface area contributed by atoms with Crippen molar-refractivity contribution in [2.24, 2.45) is 4.99 Å². The van der Waals surface area contributed by atoms with Gasteiger partial charge in [0.05, 0.1) is 12.8 Å². The number of benzene rings is 2. The predicted octanol–water partition coefficient (Wildman–Crippen LogP) is 2.75. The number of ketones is 1. The fraction of sp³-hybridized carbons (Fsp3) is 0.125. The van der Waals surface area contributed by atoms with Gasteiger partial charge in [-0.2, -0.15) is 0 Å². The summed E-state index contributed by atoms with van der Waals surface area (Å²) >= 11 is 0. The third-order valence-corrected chi connectivity index (χ3v) is 3.15. The predicted molar refractivity (Wildman–Crippen MR) is 74.1 cm³/mol. The van der Waals surface area contributed by atoms with Crippen LogP contribution in [0.3, 0.4) is 0 Å². The molecule has 0 amide bonds. The van der Waals surface area contributed by atoms with E-state index in [2.05, 4.69) is 4.99 Å². The van der Waals surface area contributed by atoms with Crippen LogP contribution >= 0.6 is 0 Å². The lowest BCUT2D eigenvalue weighted by Gasteiger charge is -2.00. The van der Waals surface area contributed by atoms with Gasteiger partial charge < -0.3 is 4.74 Å². The third-order valence-electron chi connectivity index (χ3n) is 3.15. The van der Waals surface area contributed by atoms with E-state index < -0.39 is 0 Å². The van der Waals surface area contributed by atoms with Gasteiger partial charge in [0.1, 0.15) is 5.75 Å². The minimum atomic E-state index is -0.309. The van der Waals surface area contributed by atoms with Crippen LogP contribution < -0.4 is 4.74 Å². The van der Waals surface area contributed by atoms with Gasteiger partial charge in [-0.05, 0) is 29.8 Å². The molecule has 0 bridgehead atoms. The van der Waals surface area contributed by atoms with Crippen LogP contribution in [0.25, 0.3) is 0 Å². The zero-order valence-corrected chi connectivity index (χ0v) is 10.5. The lowest BCUT2D eigenvalue weighted by atomic mass is 10.0. The van der Waals surface area contributed by atoms with E-state index in [4.69, 9.17) is 4.74 Å². The summed E-state index contributed by atoms with van der Waals surface area (Å²) < 4.78 is 5.11. The molecule has 0 fully saturated rings. The molecule has 2 aromatic rings. The van der Waals surface area contributed by atoms with Crippen molar-refractivity contribution >= 4 is 11.5 Å². The Bertz CT molecular complexity index is 630. The first-order valence-corrected chi connectivity index (χ1v) is 6.11. The SMILES string of the molecule is COc1ccc(C2=NC2C(=O)c2ccccc2)cc1. The number of carbonyl (C=O) groups excluding carboxylic acids is 1. The van der Waals surface area contributed by atoms with Gasteiger partial charge in [0.15, 0.2) is 11.8 Å². The molecule has 1 aliphatic heterocycles. The van der Waals surface area contributed by atoms with E-state index in [9.17, 15) is 4.79 Å². The van der Waals surface area contributed by atoms with Crippen LogP contribution in [0.2, 0.25) is 0 Å². The van der Waals surface area contributed by atoms with Crippen molar-refractivity contribution < 1.29 is 9.53 Å². The maximum atomic E-state index is 12.2. The highest BCUT2D eigenvalue weighted by molar-refractivity contribution is 6.29. The minimum absolute atomic E-state index is 0.0615. The number of hydrogen-bond acceptors (Lipinski definition) is 3. The van der Waals surface area contributed by atoms with Gasteiger partial charge in [-0.25, -0.2) is 0 Å². The largest absolute Gasteiger partial charge is 0.497 e. The first-order valence-electron chi connectivity index (χ1n) is 6.11. The summed E-state index contributed by atoms with van der Waals surface area (Å²) in [6.07, 6.45) is 0. The molecular weight excluding hydrogens is 238 g/mol. The van der Waals surface area contributed by atoms with Crippen molar-refractivity contribution in [1.82, 2.24) is 0 Å². The quantitative estimate of drug-likeness (QED) is 0.784. The Hall–Kier alpha value is -2.42. The number of Topliss-reactive ketones (excluding diaryl/α,β-unsaturated/α-hetero) is 1. The van der Waals surface area contributed by atoms with Crippen molar-refractivity contribution in [3.05, 3.63) is 65.7 Å². The molecule has 3 heteroatoms. The number of methoxy groups -OCH3 is 1. The van der Waals surface area contributed by atoms with E-state index in [0.717, 1.165) is 17.0 Å². The first-order chi connectivity index (χ1) is 9.29. The molecular formula is C16H13NO2. The second-order valence-corrected chi connectivity index (χ2v) is 4.38. The Labute approximate surface area is 111 Å². The lowest BCUT2D eigenvalue weighted by molar-refractivity contribution is 0.0995. The molecule has 19 heavy (non-hydrogen) atoms. The highest BCUT2D eigenvalue weighted by atomic mass is 16.5. The van der Waals surface area contributed by atoms with E-state index in [1.807, 2.05) is 54.6 Å². The van der Waals surface area contributed by atoms with E-state index in [1.165, 1.54) is 0 Å². The van der Waals surface area contributed by atoms with Gasteiger partial charge in [-0.15, -0.1) is 0 Å². The number of aliphatic imine (C=N–C) groups is 1. The molecule has 0 saturated heterocycles. The van der Waals surface area contributed by atoms with E-state index >= 15 is 0 Å². The molecule has 1 unspecified atom stereocenters. The number of hydrogen-bond donors (Lipinski definition) is 0. The fourth-order valence-corrected chi connectivity index (χ4v) is 2.04. The lowest BCUT2D eigenvalue weighted by Crippen LogP contribution is -2.13. The van der Waals surface area contributed by atoms with Crippen molar-refractivity contribution in [3.8, 4) is 5.75 Å². The highest BCUT2D eigenvalue weighted by Gasteiger charge is 2.36. The normalized spacial score (nSPS) is 16.7. The van der Waals surface area contributed by atoms with E-state index in [1.54, 1.807) is 7.11 Å². The van der Waals surface area contributed by atoms with Crippen LogP contribution in [0.5, 0.6) is 5.75 Å². The average molecular weight is 251 g/mol. The Morgan fingerprint density at radius 1 is 1.05 bits per heavy atom. The molecule has 2 aromatic carbocycles. The average Bonchev–Trinajstić information content (AvgIpc) is 3.28. The molecule has 0 saturated carbocycles. The maximum Gasteiger partial charge on any atom is 0.193 e. The molecule has 94 valence electrons. The molecule has 0 spiro atoms. The molecule has 1 aliphatic rings. The van der Waals surface area contributed by atoms with Crippen molar-refractivity contribution in [2.75, 3.05) is 7.11 Å². The molecule has 0 radical (unpaired) electrons. The Morgan fingerprint density at radius 2 is 1.74 bits per heavy atom. The summed E-state index contributed by atoms with van der Waals surface area (Å²) in [5, 5.41) is 0. The fourth-order valence-electron chi connectivity index (χ4n) is 2.04. The van der Waals surface area contributed by atoms with Crippen molar-refractivity contribution in [1.29, 1.82) is 0 Å². The summed E-state index contributed by atoms with van der Waals surface area (Å²) in [6.45, 7) is 0. The number of carbonyl (C=O) groups is 1. The van der Waals surface area contributed by atoms with Gasteiger partial charge in [0.2, 0.25) is 0 Å². The Kier molecular flexibility index (Phi) is 2.88. The van der Waals surface area contributed by atoms with Crippen molar-refractivity contribution in [2.45, 2.75) is 6.04 Å². The molecule has 0 N–H and O–H groups in total. The summed E-state index contributed by atoms with van der Waals surface area (Å²) in [6, 6.07) is 16.6. The summed E-state index contributed by atoms with van der Waals surface area (Å²) in [5.41, 5.74) is 2.55. The standard InChI is InChI=1S/C16H13NO2/c1-19-13-9-7-11(8-10-13)14-15(17-14)16(18)12-5-3-2-4-6-12/h2-10,15H,1H3. The van der Waals surface area contributed by atoms with Crippen LogP contribution in [0.4, 0.5) is 0 Å². The topological polar surface area (TPSA) is 38.7 Å². The zero-order valence-electron chi connectivity index (χ0n) is 10.5. The zero-order chi connectivity index (χ0) is 13.2. The molecule has 3 rings (SSSR count). The monoisotopic (exact) mass is 251 g/mol. The maximum absolute atomic E-state index is 12.2. The van der Waals surface area contributed by atoms with Gasteiger partial charge in [0, 0.05) is 5.56 Å². The van der Waals surface area contributed by atoms with Gasteiger partial charge in [-0.3, -0.25) is 9.79 Å². The van der Waals surface area contributed by atoms with Crippen LogP contribution in [-0.4, -0.2) is 24.6 Å². The van der Waals surface area contributed by atoms with Crippen LogP contribution in [0.15, 0.2) is 59.6 Å². The Morgan fingerprint density at radius 3 is 2.37 bits per heavy atom. The Balaban J connectivity index is 1.73. The molecule has 3 nitrogen and oxygen atoms in total. The van der Waals surface area contributed by atoms with Crippen LogP contribution in [0.1, 0.15) is 15.9 Å². The highest BCUT2D eigenvalue weighted by Crippen LogP contribution is 2.25. The minimum Gasteiger partial charge on any atom is -0.497 e. The van der Waals surface area contributed by atoms with Gasteiger partial charge in [0.25, 0.3) is 0 Å². The summed E-state index contributed by atoms with van der Waals surface area (Å²) in [5.74, 6) is 0.863. The summed E-state index contributed by atoms with van der Waals surface area (Å²) in [7, 11) is 1.63. The molecule has 1 heterocycles. The van der Waals surface area contributed by atoms with Gasteiger partial charge in [-0.1, -0.05) is 30.3 Å². The molecule has 1 atom stereocenters.